The highest BCUT2D eigenvalue weighted by molar-refractivity contribution is 5.91. The van der Waals surface area contributed by atoms with Gasteiger partial charge in [-0.15, -0.1) is 0 Å². The zero-order valence-corrected chi connectivity index (χ0v) is 4.09. The minimum absolute atomic E-state index is 0.398. The standard InChI is InChI=1S/C5H8N2/c1-3-5(6)7-4-2/h3-4H,1-2H2,(H2,6,7). The second-order valence-corrected chi connectivity index (χ2v) is 0.941. The van der Waals surface area contributed by atoms with Gasteiger partial charge in [-0.05, 0) is 6.08 Å². The van der Waals surface area contributed by atoms with Crippen molar-refractivity contribution in [2.45, 2.75) is 0 Å². The van der Waals surface area contributed by atoms with E-state index in [1.807, 2.05) is 0 Å². The van der Waals surface area contributed by atoms with Gasteiger partial charge in [0, 0.05) is 6.20 Å². The van der Waals surface area contributed by atoms with Crippen LogP contribution < -0.4 is 5.73 Å². The number of nitrogens with two attached hydrogens (primary N) is 1. The molecule has 0 aliphatic carbocycles. The Kier molecular flexibility index (Phi) is 2.68. The summed E-state index contributed by atoms with van der Waals surface area (Å²) in [6, 6.07) is 0. The molecule has 0 amide bonds. The van der Waals surface area contributed by atoms with Crippen LogP contribution in [0.5, 0.6) is 0 Å². The van der Waals surface area contributed by atoms with Gasteiger partial charge in [-0.25, -0.2) is 4.99 Å². The van der Waals surface area contributed by atoms with Gasteiger partial charge in [0.1, 0.15) is 5.84 Å². The molecule has 2 heteroatoms. The van der Waals surface area contributed by atoms with Crippen LogP contribution >= 0.6 is 0 Å². The van der Waals surface area contributed by atoms with Crippen molar-refractivity contribution in [2.24, 2.45) is 10.7 Å². The van der Waals surface area contributed by atoms with Crippen LogP contribution in [0.2, 0.25) is 0 Å². The third-order valence-corrected chi connectivity index (χ3v) is 0.449. The number of aliphatic imine (C=N–C) groups is 1. The SMILES string of the molecule is C=C/N=C(/N)C=C. The van der Waals surface area contributed by atoms with E-state index >= 15 is 0 Å². The highest BCUT2D eigenvalue weighted by Crippen LogP contribution is 1.68. The van der Waals surface area contributed by atoms with Crippen LogP contribution in [-0.2, 0) is 0 Å². The van der Waals surface area contributed by atoms with E-state index in [0.717, 1.165) is 0 Å². The first-order valence-electron chi connectivity index (χ1n) is 1.88. The molecule has 0 radical (unpaired) electrons. The van der Waals surface area contributed by atoms with Gasteiger partial charge in [0.15, 0.2) is 0 Å². The van der Waals surface area contributed by atoms with Crippen LogP contribution in [0.15, 0.2) is 30.4 Å². The molecule has 0 aliphatic heterocycles. The summed E-state index contributed by atoms with van der Waals surface area (Å²) in [5.41, 5.74) is 5.14. The maximum absolute atomic E-state index is 5.14. The van der Waals surface area contributed by atoms with Gasteiger partial charge in [0.05, 0.1) is 0 Å². The van der Waals surface area contributed by atoms with Gasteiger partial charge in [-0.1, -0.05) is 13.2 Å². The number of nitrogens with zero attached hydrogens (tertiary/aromatic N) is 1. The molecule has 0 spiro atoms. The Labute approximate surface area is 43.1 Å². The van der Waals surface area contributed by atoms with Gasteiger partial charge in [0.2, 0.25) is 0 Å². The Hall–Kier alpha value is -1.05. The van der Waals surface area contributed by atoms with Crippen molar-refractivity contribution in [3.8, 4) is 0 Å². The summed E-state index contributed by atoms with van der Waals surface area (Å²) >= 11 is 0. The average molecular weight is 96.1 g/mol. The second kappa shape index (κ2) is 3.15. The maximum atomic E-state index is 5.14. The minimum Gasteiger partial charge on any atom is -0.384 e. The van der Waals surface area contributed by atoms with Gasteiger partial charge < -0.3 is 5.73 Å². The van der Waals surface area contributed by atoms with Crippen LogP contribution in [0.3, 0.4) is 0 Å². The molecule has 0 aromatic heterocycles. The topological polar surface area (TPSA) is 38.4 Å². The van der Waals surface area contributed by atoms with E-state index < -0.39 is 0 Å². The maximum Gasteiger partial charge on any atom is 0.122 e. The van der Waals surface area contributed by atoms with E-state index in [0.29, 0.717) is 5.84 Å². The zero-order valence-electron chi connectivity index (χ0n) is 4.09. The van der Waals surface area contributed by atoms with Crippen molar-refractivity contribution < 1.29 is 0 Å². The summed E-state index contributed by atoms with van der Waals surface area (Å²) in [5.74, 6) is 0.398. The normalized spacial score (nSPS) is 10.6. The molecule has 0 aliphatic rings. The summed E-state index contributed by atoms with van der Waals surface area (Å²) in [6.45, 7) is 6.71. The third-order valence-electron chi connectivity index (χ3n) is 0.449. The first-order chi connectivity index (χ1) is 3.31. The van der Waals surface area contributed by atoms with Crippen molar-refractivity contribution in [3.05, 3.63) is 25.4 Å². The zero-order chi connectivity index (χ0) is 5.70. The monoisotopic (exact) mass is 96.1 g/mol. The summed E-state index contributed by atoms with van der Waals surface area (Å²) in [5, 5.41) is 0. The lowest BCUT2D eigenvalue weighted by atomic mass is 10.6. The second-order valence-electron chi connectivity index (χ2n) is 0.941. The molecular weight excluding hydrogens is 88.1 g/mol. The number of hydrogen-bond acceptors (Lipinski definition) is 1. The molecule has 0 rings (SSSR count). The van der Waals surface area contributed by atoms with Gasteiger partial charge in [0.25, 0.3) is 0 Å². The van der Waals surface area contributed by atoms with Gasteiger partial charge >= 0.3 is 0 Å². The van der Waals surface area contributed by atoms with E-state index in [4.69, 9.17) is 5.73 Å². The lowest BCUT2D eigenvalue weighted by molar-refractivity contribution is 1.53. The Bertz CT molecular complexity index is 103. The predicted molar refractivity (Wildman–Crippen MR) is 32.0 cm³/mol. The lowest BCUT2D eigenvalue weighted by Crippen LogP contribution is -2.05. The van der Waals surface area contributed by atoms with Crippen molar-refractivity contribution in [3.63, 3.8) is 0 Å². The number of hydrogen-bond donors (Lipinski definition) is 1. The molecule has 0 unspecified atom stereocenters. The van der Waals surface area contributed by atoms with Crippen molar-refractivity contribution in [2.75, 3.05) is 0 Å². The van der Waals surface area contributed by atoms with E-state index in [1.54, 1.807) is 0 Å². The molecule has 0 saturated carbocycles. The molecule has 2 N–H and O–H groups in total. The summed E-state index contributed by atoms with van der Waals surface area (Å²) < 4.78 is 0. The predicted octanol–water partition coefficient (Wildman–Crippen LogP) is 0.673. The van der Waals surface area contributed by atoms with Crippen LogP contribution in [0.25, 0.3) is 0 Å². The van der Waals surface area contributed by atoms with Crippen molar-refractivity contribution in [1.29, 1.82) is 0 Å². The minimum atomic E-state index is 0.398. The van der Waals surface area contributed by atoms with Crippen LogP contribution in [0, 0.1) is 0 Å². The third kappa shape index (κ3) is 2.76. The summed E-state index contributed by atoms with van der Waals surface area (Å²) in [7, 11) is 0. The smallest absolute Gasteiger partial charge is 0.122 e. The highest BCUT2D eigenvalue weighted by atomic mass is 14.8. The fraction of sp³-hybridized carbons (Fsp3) is 0. The Morgan fingerprint density at radius 3 is 2.29 bits per heavy atom. The Balaban J connectivity index is 3.72. The van der Waals surface area contributed by atoms with Crippen molar-refractivity contribution in [1.82, 2.24) is 0 Å². The summed E-state index contributed by atoms with van der Waals surface area (Å²) in [4.78, 5) is 3.58. The first-order valence-corrected chi connectivity index (χ1v) is 1.88. The Morgan fingerprint density at radius 2 is 2.14 bits per heavy atom. The first kappa shape index (κ1) is 5.95. The van der Waals surface area contributed by atoms with Gasteiger partial charge in [-0.2, -0.15) is 0 Å². The number of amidine groups is 1. The molecule has 0 heterocycles. The van der Waals surface area contributed by atoms with Crippen LogP contribution in [-0.4, -0.2) is 5.84 Å². The molecule has 2 nitrogen and oxygen atoms in total. The molecule has 0 fully saturated rings. The van der Waals surface area contributed by atoms with Crippen LogP contribution in [0.4, 0.5) is 0 Å². The highest BCUT2D eigenvalue weighted by Gasteiger charge is 1.70. The molecule has 0 atom stereocenters. The quantitative estimate of drug-likeness (QED) is 0.398. The van der Waals surface area contributed by atoms with E-state index in [-0.39, 0.29) is 0 Å². The van der Waals surface area contributed by atoms with Crippen molar-refractivity contribution >= 4 is 5.84 Å². The fourth-order valence-corrected chi connectivity index (χ4v) is 0.158. The fourth-order valence-electron chi connectivity index (χ4n) is 0.158. The van der Waals surface area contributed by atoms with E-state index in [2.05, 4.69) is 18.2 Å². The van der Waals surface area contributed by atoms with E-state index in [9.17, 15) is 0 Å². The Morgan fingerprint density at radius 1 is 1.57 bits per heavy atom. The molecule has 0 bridgehead atoms. The molecule has 0 aromatic rings. The molecule has 0 aromatic carbocycles. The lowest BCUT2D eigenvalue weighted by Gasteiger charge is -1.80. The molecule has 0 saturated heterocycles. The molecule has 7 heavy (non-hydrogen) atoms. The largest absolute Gasteiger partial charge is 0.384 e. The average Bonchev–Trinajstić information content (AvgIpc) is 1.68. The van der Waals surface area contributed by atoms with Gasteiger partial charge in [-0.3, -0.25) is 0 Å². The van der Waals surface area contributed by atoms with Crippen LogP contribution in [0.1, 0.15) is 0 Å². The summed E-state index contributed by atoms with van der Waals surface area (Å²) in [6.07, 6.45) is 2.83. The molecule has 38 valence electrons. The van der Waals surface area contributed by atoms with E-state index in [1.165, 1.54) is 12.3 Å². The number of rotatable bonds is 2. The molecular formula is C5H8N2.